The van der Waals surface area contributed by atoms with Crippen LogP contribution in [0.25, 0.3) is 0 Å². The zero-order chi connectivity index (χ0) is 14.6. The highest BCUT2D eigenvalue weighted by atomic mass is 79.9. The first-order valence-electron chi connectivity index (χ1n) is 8.62. The van der Waals surface area contributed by atoms with Crippen molar-refractivity contribution in [2.24, 2.45) is 5.41 Å². The van der Waals surface area contributed by atoms with Crippen LogP contribution in [-0.4, -0.2) is 4.83 Å². The Morgan fingerprint density at radius 1 is 0.684 bits per heavy atom. The maximum absolute atomic E-state index is 3.82. The predicted molar refractivity (Wildman–Crippen MR) is 93.2 cm³/mol. The van der Waals surface area contributed by atoms with Crippen molar-refractivity contribution in [3.8, 4) is 0 Å². The summed E-state index contributed by atoms with van der Waals surface area (Å²) in [5.74, 6) is 0. The Hall–Kier alpha value is 0.480. The summed E-state index contributed by atoms with van der Waals surface area (Å²) in [6.07, 6.45) is 17.2. The van der Waals surface area contributed by atoms with E-state index in [0.717, 1.165) is 0 Å². The topological polar surface area (TPSA) is 0 Å². The Morgan fingerprint density at radius 2 is 1.05 bits per heavy atom. The third-order valence-corrected chi connectivity index (χ3v) is 5.83. The smallest absolute Gasteiger partial charge is 0.0194 e. The van der Waals surface area contributed by atoms with Gasteiger partial charge in [0.2, 0.25) is 0 Å². The van der Waals surface area contributed by atoms with E-state index in [9.17, 15) is 0 Å². The van der Waals surface area contributed by atoms with E-state index in [1.165, 1.54) is 77.0 Å². The van der Waals surface area contributed by atoms with Gasteiger partial charge in [0.05, 0.1) is 0 Å². The second kappa shape index (κ2) is 12.2. The summed E-state index contributed by atoms with van der Waals surface area (Å²) >= 11 is 3.82. The summed E-state index contributed by atoms with van der Waals surface area (Å²) in [6.45, 7) is 9.26. The maximum atomic E-state index is 3.82. The van der Waals surface area contributed by atoms with E-state index in [1.807, 2.05) is 0 Å². The zero-order valence-corrected chi connectivity index (χ0v) is 15.5. The average Bonchev–Trinajstić information content (AvgIpc) is 2.34. The third kappa shape index (κ3) is 13.2. The van der Waals surface area contributed by atoms with E-state index in [4.69, 9.17) is 0 Å². The fraction of sp³-hybridized carbons (Fsp3) is 1.00. The summed E-state index contributed by atoms with van der Waals surface area (Å²) in [4.78, 5) is 0.679. The fourth-order valence-electron chi connectivity index (χ4n) is 2.42. The maximum Gasteiger partial charge on any atom is 0.0194 e. The quantitative estimate of drug-likeness (QED) is 0.256. The van der Waals surface area contributed by atoms with Gasteiger partial charge >= 0.3 is 0 Å². The van der Waals surface area contributed by atoms with Gasteiger partial charge in [0.15, 0.2) is 0 Å². The van der Waals surface area contributed by atoms with Gasteiger partial charge in [-0.3, -0.25) is 0 Å². The van der Waals surface area contributed by atoms with Crippen molar-refractivity contribution < 1.29 is 0 Å². The van der Waals surface area contributed by atoms with Crippen LogP contribution in [0, 0.1) is 5.41 Å². The first kappa shape index (κ1) is 19.5. The van der Waals surface area contributed by atoms with Crippen LogP contribution in [0.2, 0.25) is 0 Å². The number of rotatable bonds is 12. The van der Waals surface area contributed by atoms with Gasteiger partial charge < -0.3 is 0 Å². The van der Waals surface area contributed by atoms with Crippen LogP contribution in [0.3, 0.4) is 0 Å². The standard InChI is InChI=1S/C18H37Br/c1-5-6-7-8-9-10-11-12-13-14-15-16-17(19)18(2,3)4/h17H,5-16H2,1-4H3. The Morgan fingerprint density at radius 3 is 1.42 bits per heavy atom. The molecule has 0 bridgehead atoms. The highest BCUT2D eigenvalue weighted by Gasteiger charge is 2.20. The molecule has 0 N–H and O–H groups in total. The van der Waals surface area contributed by atoms with Gasteiger partial charge in [0, 0.05) is 4.83 Å². The van der Waals surface area contributed by atoms with Crippen molar-refractivity contribution in [1.29, 1.82) is 0 Å². The second-order valence-electron chi connectivity index (χ2n) is 7.16. The van der Waals surface area contributed by atoms with E-state index in [1.54, 1.807) is 0 Å². The lowest BCUT2D eigenvalue weighted by Gasteiger charge is -2.25. The number of hydrogen-bond acceptors (Lipinski definition) is 0. The van der Waals surface area contributed by atoms with E-state index in [0.29, 0.717) is 10.2 Å². The van der Waals surface area contributed by atoms with E-state index in [2.05, 4.69) is 43.6 Å². The lowest BCUT2D eigenvalue weighted by molar-refractivity contribution is 0.376. The molecule has 0 saturated carbocycles. The summed E-state index contributed by atoms with van der Waals surface area (Å²) < 4.78 is 0. The zero-order valence-electron chi connectivity index (χ0n) is 13.9. The fourth-order valence-corrected chi connectivity index (χ4v) is 2.74. The lowest BCUT2D eigenvalue weighted by Crippen LogP contribution is -2.19. The molecule has 0 rings (SSSR count). The van der Waals surface area contributed by atoms with Crippen LogP contribution >= 0.6 is 15.9 Å². The van der Waals surface area contributed by atoms with E-state index >= 15 is 0 Å². The average molecular weight is 333 g/mol. The third-order valence-electron chi connectivity index (χ3n) is 4.00. The Labute approximate surface area is 131 Å². The molecular weight excluding hydrogens is 296 g/mol. The molecule has 0 aromatic rings. The van der Waals surface area contributed by atoms with Gasteiger partial charge in [-0.15, -0.1) is 0 Å². The highest BCUT2D eigenvalue weighted by Crippen LogP contribution is 2.30. The molecule has 0 heterocycles. The molecule has 0 spiro atoms. The molecule has 116 valence electrons. The van der Waals surface area contributed by atoms with Crippen LogP contribution in [0.4, 0.5) is 0 Å². The molecule has 0 aromatic heterocycles. The number of alkyl halides is 1. The SMILES string of the molecule is CCCCCCCCCCCCCC(Br)C(C)(C)C. The number of halogens is 1. The molecule has 0 nitrogen and oxygen atoms in total. The minimum Gasteiger partial charge on any atom is -0.0885 e. The lowest BCUT2D eigenvalue weighted by atomic mass is 9.89. The second-order valence-corrected chi connectivity index (χ2v) is 8.26. The van der Waals surface area contributed by atoms with Crippen LogP contribution in [0.1, 0.15) is 105 Å². The van der Waals surface area contributed by atoms with Crippen molar-refractivity contribution in [3.63, 3.8) is 0 Å². The normalized spacial score (nSPS) is 13.7. The molecule has 0 aromatic carbocycles. The van der Waals surface area contributed by atoms with E-state index in [-0.39, 0.29) is 0 Å². The van der Waals surface area contributed by atoms with Gasteiger partial charge in [-0.1, -0.05) is 114 Å². The summed E-state index contributed by atoms with van der Waals surface area (Å²) in [5, 5.41) is 0. The molecule has 19 heavy (non-hydrogen) atoms. The summed E-state index contributed by atoms with van der Waals surface area (Å²) in [5.41, 5.74) is 0.415. The summed E-state index contributed by atoms with van der Waals surface area (Å²) in [7, 11) is 0. The molecule has 0 aliphatic carbocycles. The number of hydrogen-bond donors (Lipinski definition) is 0. The van der Waals surface area contributed by atoms with Crippen molar-refractivity contribution in [3.05, 3.63) is 0 Å². The molecule has 0 amide bonds. The summed E-state index contributed by atoms with van der Waals surface area (Å²) in [6, 6.07) is 0. The van der Waals surface area contributed by atoms with Crippen LogP contribution in [0.15, 0.2) is 0 Å². The molecule has 1 heteroatoms. The van der Waals surface area contributed by atoms with Crippen molar-refractivity contribution in [2.75, 3.05) is 0 Å². The van der Waals surface area contributed by atoms with Crippen molar-refractivity contribution in [2.45, 2.75) is 110 Å². The monoisotopic (exact) mass is 332 g/mol. The molecule has 0 aliphatic heterocycles. The van der Waals surface area contributed by atoms with Crippen molar-refractivity contribution >= 4 is 15.9 Å². The van der Waals surface area contributed by atoms with Crippen molar-refractivity contribution in [1.82, 2.24) is 0 Å². The molecular formula is C18H37Br. The molecule has 1 unspecified atom stereocenters. The Kier molecular flexibility index (Phi) is 12.5. The van der Waals surface area contributed by atoms with Crippen LogP contribution in [0.5, 0.6) is 0 Å². The molecule has 1 atom stereocenters. The van der Waals surface area contributed by atoms with Gasteiger partial charge in [-0.05, 0) is 11.8 Å². The molecule has 0 aliphatic rings. The van der Waals surface area contributed by atoms with Gasteiger partial charge in [-0.2, -0.15) is 0 Å². The predicted octanol–water partition coefficient (Wildman–Crippen LogP) is 7.50. The van der Waals surface area contributed by atoms with E-state index < -0.39 is 0 Å². The first-order valence-corrected chi connectivity index (χ1v) is 9.54. The molecule has 0 saturated heterocycles. The van der Waals surface area contributed by atoms with Gasteiger partial charge in [0.1, 0.15) is 0 Å². The Bertz CT molecular complexity index is 181. The highest BCUT2D eigenvalue weighted by molar-refractivity contribution is 9.09. The molecule has 0 fully saturated rings. The van der Waals surface area contributed by atoms with Gasteiger partial charge in [0.25, 0.3) is 0 Å². The van der Waals surface area contributed by atoms with Gasteiger partial charge in [-0.25, -0.2) is 0 Å². The first-order chi connectivity index (χ1) is 8.98. The number of unbranched alkanes of at least 4 members (excludes halogenated alkanes) is 10. The molecule has 0 radical (unpaired) electrons. The Balaban J connectivity index is 3.15. The largest absolute Gasteiger partial charge is 0.0885 e. The minimum absolute atomic E-state index is 0.415. The minimum atomic E-state index is 0.415. The van der Waals surface area contributed by atoms with Crippen LogP contribution < -0.4 is 0 Å². The van der Waals surface area contributed by atoms with Crippen LogP contribution in [-0.2, 0) is 0 Å².